The molecule has 1 aromatic rings. The molecule has 0 aliphatic carbocycles. The number of nitriles is 1. The van der Waals surface area contributed by atoms with Crippen LogP contribution in [-0.2, 0) is 0 Å². The van der Waals surface area contributed by atoms with Gasteiger partial charge in [0.25, 0.3) is 0 Å². The van der Waals surface area contributed by atoms with Gasteiger partial charge in [-0.2, -0.15) is 9.64 Å². The molecule has 8 heavy (non-hydrogen) atoms. The fraction of sp³-hybridized carbons (Fsp3) is 0.200. The quantitative estimate of drug-likeness (QED) is 0.518. The van der Waals surface area contributed by atoms with Crippen LogP contribution in [0.4, 0.5) is 0 Å². The van der Waals surface area contributed by atoms with Gasteiger partial charge in [-0.25, -0.2) is 0 Å². The van der Waals surface area contributed by atoms with Gasteiger partial charge < -0.3 is 0 Å². The standard InChI is InChI=1S/C5H3N2S/c1-4-5(2-6)3-8-7-4/h1H3. The first-order valence-electron chi connectivity index (χ1n) is 2.08. The Labute approximate surface area is 51.6 Å². The lowest BCUT2D eigenvalue weighted by molar-refractivity contribution is 1.31. The average Bonchev–Trinajstić information content (AvgIpc) is 2.14. The number of nitrogens with zero attached hydrogens (tertiary/aromatic N) is 2. The summed E-state index contributed by atoms with van der Waals surface area (Å²) in [5, 5.41) is 11.0. The smallest absolute Gasteiger partial charge is 0.103 e. The topological polar surface area (TPSA) is 36.7 Å². The van der Waals surface area contributed by atoms with E-state index in [0.717, 1.165) is 5.69 Å². The molecule has 0 saturated heterocycles. The Morgan fingerprint density at radius 3 is 2.88 bits per heavy atom. The Kier molecular flexibility index (Phi) is 1.27. The minimum absolute atomic E-state index is 0.565. The second-order valence-corrected chi connectivity index (χ2v) is 1.93. The molecule has 3 heteroatoms. The van der Waals surface area contributed by atoms with Crippen molar-refractivity contribution in [2.24, 2.45) is 0 Å². The molecule has 0 bridgehead atoms. The molecule has 0 aliphatic heterocycles. The molecule has 0 aliphatic rings. The van der Waals surface area contributed by atoms with Gasteiger partial charge in [0.15, 0.2) is 0 Å². The predicted octanol–water partition coefficient (Wildman–Crippen LogP) is 1.12. The van der Waals surface area contributed by atoms with E-state index >= 15 is 0 Å². The highest BCUT2D eigenvalue weighted by atomic mass is 32.1. The molecule has 2 nitrogen and oxygen atoms in total. The van der Waals surface area contributed by atoms with Crippen LogP contribution in [0.2, 0.25) is 0 Å². The van der Waals surface area contributed by atoms with Gasteiger partial charge >= 0.3 is 0 Å². The molecule has 0 fully saturated rings. The SMILES string of the molecule is Cc1ns[c]c1C#N. The molecule has 0 spiro atoms. The lowest BCUT2D eigenvalue weighted by Gasteiger charge is -1.74. The minimum atomic E-state index is 0.565. The van der Waals surface area contributed by atoms with Crippen molar-refractivity contribution < 1.29 is 0 Å². The number of hydrogen-bond acceptors (Lipinski definition) is 3. The molecule has 0 atom stereocenters. The fourth-order valence-electron chi connectivity index (χ4n) is 0.360. The molecular weight excluding hydrogens is 120 g/mol. The first-order chi connectivity index (χ1) is 3.84. The molecule has 0 aromatic carbocycles. The zero-order valence-corrected chi connectivity index (χ0v) is 5.12. The summed E-state index contributed by atoms with van der Waals surface area (Å²) in [6, 6.07) is 1.97. The van der Waals surface area contributed by atoms with E-state index in [0.29, 0.717) is 5.56 Å². The zero-order chi connectivity index (χ0) is 5.98. The Balaban J connectivity index is 3.15. The number of aryl methyl sites for hydroxylation is 1. The summed E-state index contributed by atoms with van der Waals surface area (Å²) in [6.45, 7) is 1.80. The van der Waals surface area contributed by atoms with Crippen molar-refractivity contribution >= 4 is 11.5 Å². The second-order valence-electron chi connectivity index (χ2n) is 1.36. The lowest BCUT2D eigenvalue weighted by Crippen LogP contribution is -1.71. The van der Waals surface area contributed by atoms with Crippen LogP contribution in [0.3, 0.4) is 0 Å². The Morgan fingerprint density at radius 2 is 2.62 bits per heavy atom. The Hall–Kier alpha value is -0.880. The molecular formula is C5H3N2S. The van der Waals surface area contributed by atoms with Crippen molar-refractivity contribution in [3.63, 3.8) is 0 Å². The molecule has 1 aromatic heterocycles. The molecule has 39 valence electrons. The highest BCUT2D eigenvalue weighted by molar-refractivity contribution is 7.03. The highest BCUT2D eigenvalue weighted by Gasteiger charge is 1.96. The summed E-state index contributed by atoms with van der Waals surface area (Å²) in [6.07, 6.45) is 0. The van der Waals surface area contributed by atoms with Gasteiger partial charge in [0.2, 0.25) is 0 Å². The summed E-state index contributed by atoms with van der Waals surface area (Å²) in [7, 11) is 0. The van der Waals surface area contributed by atoms with E-state index in [9.17, 15) is 0 Å². The molecule has 0 N–H and O–H groups in total. The normalized spacial score (nSPS) is 8.50. The second kappa shape index (κ2) is 1.93. The third-order valence-corrected chi connectivity index (χ3v) is 1.46. The maximum atomic E-state index is 8.29. The zero-order valence-electron chi connectivity index (χ0n) is 4.30. The van der Waals surface area contributed by atoms with Crippen LogP contribution >= 0.6 is 11.5 Å². The van der Waals surface area contributed by atoms with E-state index < -0.39 is 0 Å². The third kappa shape index (κ3) is 0.703. The van der Waals surface area contributed by atoms with Gasteiger partial charge in [0.1, 0.15) is 6.07 Å². The summed E-state index contributed by atoms with van der Waals surface area (Å²) < 4.78 is 3.85. The van der Waals surface area contributed by atoms with Crippen molar-refractivity contribution in [3.05, 3.63) is 16.6 Å². The molecule has 1 radical (unpaired) electrons. The van der Waals surface area contributed by atoms with E-state index in [1.165, 1.54) is 11.5 Å². The van der Waals surface area contributed by atoms with E-state index in [2.05, 4.69) is 9.75 Å². The molecule has 0 unspecified atom stereocenters. The molecule has 1 rings (SSSR count). The van der Waals surface area contributed by atoms with Gasteiger partial charge in [-0.3, -0.25) is 0 Å². The third-order valence-electron chi connectivity index (χ3n) is 0.804. The maximum absolute atomic E-state index is 8.29. The van der Waals surface area contributed by atoms with Gasteiger partial charge in [0, 0.05) is 0 Å². The first-order valence-corrected chi connectivity index (χ1v) is 2.86. The van der Waals surface area contributed by atoms with E-state index in [1.54, 1.807) is 6.92 Å². The first kappa shape index (κ1) is 5.26. The highest BCUT2D eigenvalue weighted by Crippen LogP contribution is 2.04. The Bertz CT molecular complexity index is 221. The number of hydrogen-bond donors (Lipinski definition) is 0. The molecule has 0 saturated carbocycles. The predicted molar refractivity (Wildman–Crippen MR) is 30.4 cm³/mol. The fourth-order valence-corrected chi connectivity index (χ4v) is 0.919. The summed E-state index contributed by atoms with van der Waals surface area (Å²) in [4.78, 5) is 0. The maximum Gasteiger partial charge on any atom is 0.103 e. The Morgan fingerprint density at radius 1 is 1.88 bits per heavy atom. The van der Waals surface area contributed by atoms with Gasteiger partial charge in [-0.05, 0) is 18.5 Å². The molecule has 0 amide bonds. The van der Waals surface area contributed by atoms with E-state index in [4.69, 9.17) is 5.26 Å². The summed E-state index contributed by atoms with van der Waals surface area (Å²) in [5.41, 5.74) is 1.34. The summed E-state index contributed by atoms with van der Waals surface area (Å²) in [5.74, 6) is 0. The van der Waals surface area contributed by atoms with Crippen molar-refractivity contribution in [3.8, 4) is 6.07 Å². The monoisotopic (exact) mass is 123 g/mol. The van der Waals surface area contributed by atoms with Crippen molar-refractivity contribution in [2.45, 2.75) is 6.92 Å². The summed E-state index contributed by atoms with van der Waals surface area (Å²) >= 11 is 1.19. The largest absolute Gasteiger partial charge is 0.196 e. The van der Waals surface area contributed by atoms with E-state index in [1.807, 2.05) is 6.07 Å². The van der Waals surface area contributed by atoms with Gasteiger partial charge in [-0.15, -0.1) is 0 Å². The van der Waals surface area contributed by atoms with Crippen LogP contribution in [0.5, 0.6) is 0 Å². The van der Waals surface area contributed by atoms with Crippen LogP contribution in [-0.4, -0.2) is 4.37 Å². The average molecular weight is 123 g/mol. The van der Waals surface area contributed by atoms with Gasteiger partial charge in [0.05, 0.1) is 16.6 Å². The number of aromatic nitrogens is 1. The minimum Gasteiger partial charge on any atom is -0.196 e. The van der Waals surface area contributed by atoms with Crippen molar-refractivity contribution in [2.75, 3.05) is 0 Å². The van der Waals surface area contributed by atoms with Crippen LogP contribution < -0.4 is 0 Å². The van der Waals surface area contributed by atoms with E-state index in [-0.39, 0.29) is 0 Å². The van der Waals surface area contributed by atoms with Crippen molar-refractivity contribution in [1.29, 1.82) is 5.26 Å². The van der Waals surface area contributed by atoms with Crippen LogP contribution in [0.1, 0.15) is 11.3 Å². The lowest BCUT2D eigenvalue weighted by atomic mass is 10.3. The van der Waals surface area contributed by atoms with Gasteiger partial charge in [-0.1, -0.05) is 0 Å². The number of rotatable bonds is 0. The molecule has 1 heterocycles. The van der Waals surface area contributed by atoms with Crippen LogP contribution in [0.15, 0.2) is 0 Å². The van der Waals surface area contributed by atoms with Crippen LogP contribution in [0, 0.1) is 23.6 Å². The van der Waals surface area contributed by atoms with Crippen LogP contribution in [0.25, 0.3) is 0 Å². The van der Waals surface area contributed by atoms with Crippen molar-refractivity contribution in [1.82, 2.24) is 4.37 Å².